The second kappa shape index (κ2) is 8.43. The SMILES string of the molecule is Cc1cc2oc3c(c(=O)c2cc1C)C(c1cccc(OC(C)C)c1)N(CCN(C)C)C3=O. The Hall–Kier alpha value is -3.12. The first-order chi connectivity index (χ1) is 15.2. The van der Waals surface area contributed by atoms with Gasteiger partial charge in [-0.05, 0) is 82.7 Å². The molecule has 4 rings (SSSR count). The summed E-state index contributed by atoms with van der Waals surface area (Å²) >= 11 is 0. The van der Waals surface area contributed by atoms with Crippen molar-refractivity contribution >= 4 is 16.9 Å². The fourth-order valence-corrected chi connectivity index (χ4v) is 4.19. The van der Waals surface area contributed by atoms with Gasteiger partial charge < -0.3 is 19.0 Å². The molecule has 2 heterocycles. The third kappa shape index (κ3) is 3.91. The van der Waals surface area contributed by atoms with Crippen molar-refractivity contribution in [2.45, 2.75) is 39.8 Å². The van der Waals surface area contributed by atoms with Crippen molar-refractivity contribution in [3.8, 4) is 5.75 Å². The van der Waals surface area contributed by atoms with Crippen LogP contribution < -0.4 is 10.2 Å². The molecule has 168 valence electrons. The van der Waals surface area contributed by atoms with E-state index in [1.54, 1.807) is 4.90 Å². The van der Waals surface area contributed by atoms with E-state index in [1.807, 2.05) is 83.1 Å². The maximum atomic E-state index is 13.7. The number of hydrogen-bond donors (Lipinski definition) is 0. The van der Waals surface area contributed by atoms with Gasteiger partial charge >= 0.3 is 0 Å². The molecule has 3 aromatic rings. The highest BCUT2D eigenvalue weighted by Gasteiger charge is 2.42. The lowest BCUT2D eigenvalue weighted by atomic mass is 9.97. The number of likely N-dealkylation sites (N-methyl/N-ethyl adjacent to an activating group) is 1. The number of rotatable bonds is 6. The monoisotopic (exact) mass is 434 g/mol. The van der Waals surface area contributed by atoms with Crippen LogP contribution in [0.3, 0.4) is 0 Å². The molecule has 1 atom stereocenters. The third-order valence-corrected chi connectivity index (χ3v) is 5.92. The molecule has 2 aromatic carbocycles. The predicted octanol–water partition coefficient (Wildman–Crippen LogP) is 4.30. The summed E-state index contributed by atoms with van der Waals surface area (Å²) in [6, 6.07) is 10.8. The Morgan fingerprint density at radius 1 is 1.09 bits per heavy atom. The Bertz CT molecular complexity index is 1240. The second-order valence-corrected chi connectivity index (χ2v) is 9.05. The van der Waals surface area contributed by atoms with Gasteiger partial charge in [-0.15, -0.1) is 0 Å². The molecule has 0 aliphatic carbocycles. The fraction of sp³-hybridized carbons (Fsp3) is 0.385. The second-order valence-electron chi connectivity index (χ2n) is 9.05. The molecular formula is C26H30N2O4. The Morgan fingerprint density at radius 2 is 1.81 bits per heavy atom. The molecule has 1 aliphatic rings. The summed E-state index contributed by atoms with van der Waals surface area (Å²) < 4.78 is 12.0. The summed E-state index contributed by atoms with van der Waals surface area (Å²) in [6.45, 7) is 9.02. The standard InChI is InChI=1S/C26H30N2O4/c1-15(2)31-19-9-7-8-18(14-19)23-22-24(29)20-12-16(3)17(4)13-21(20)32-25(22)26(30)28(23)11-10-27(5)6/h7-9,12-15,23H,10-11H2,1-6H3. The zero-order valence-corrected chi connectivity index (χ0v) is 19.6. The molecule has 0 spiro atoms. The molecule has 0 saturated carbocycles. The van der Waals surface area contributed by atoms with Crippen molar-refractivity contribution < 1.29 is 13.9 Å². The number of hydrogen-bond acceptors (Lipinski definition) is 5. The number of nitrogens with zero attached hydrogens (tertiary/aromatic N) is 2. The van der Waals surface area contributed by atoms with Gasteiger partial charge in [0.2, 0.25) is 5.76 Å². The van der Waals surface area contributed by atoms with E-state index in [2.05, 4.69) is 0 Å². The minimum atomic E-state index is -0.518. The summed E-state index contributed by atoms with van der Waals surface area (Å²) in [7, 11) is 3.92. The largest absolute Gasteiger partial charge is 0.491 e. The Labute approximate surface area is 188 Å². The van der Waals surface area contributed by atoms with Crippen LogP contribution in [-0.4, -0.2) is 49.0 Å². The lowest BCUT2D eigenvalue weighted by Crippen LogP contribution is -2.35. The topological polar surface area (TPSA) is 63.0 Å². The summed E-state index contributed by atoms with van der Waals surface area (Å²) in [5, 5.41) is 0.508. The number of ether oxygens (including phenoxy) is 1. The first-order valence-electron chi connectivity index (χ1n) is 11.0. The number of carbonyl (C=O) groups is 1. The van der Waals surface area contributed by atoms with E-state index >= 15 is 0 Å². The highest BCUT2D eigenvalue weighted by atomic mass is 16.5. The van der Waals surface area contributed by atoms with E-state index in [0.717, 1.165) is 16.7 Å². The quantitative estimate of drug-likeness (QED) is 0.579. The average molecular weight is 435 g/mol. The molecule has 0 fully saturated rings. The van der Waals surface area contributed by atoms with Gasteiger partial charge in [0, 0.05) is 13.1 Å². The van der Waals surface area contributed by atoms with E-state index in [9.17, 15) is 9.59 Å². The van der Waals surface area contributed by atoms with Crippen LogP contribution in [0, 0.1) is 13.8 Å². The van der Waals surface area contributed by atoms with Crippen LogP contribution in [0.5, 0.6) is 5.75 Å². The van der Waals surface area contributed by atoms with Gasteiger partial charge in [-0.1, -0.05) is 12.1 Å². The average Bonchev–Trinajstić information content (AvgIpc) is 3.00. The van der Waals surface area contributed by atoms with Gasteiger partial charge in [0.1, 0.15) is 11.3 Å². The van der Waals surface area contributed by atoms with E-state index in [-0.39, 0.29) is 23.2 Å². The normalized spacial score (nSPS) is 15.8. The van der Waals surface area contributed by atoms with Crippen LogP contribution in [0.2, 0.25) is 0 Å². The van der Waals surface area contributed by atoms with Crippen molar-refractivity contribution in [3.63, 3.8) is 0 Å². The molecule has 1 unspecified atom stereocenters. The Balaban J connectivity index is 1.92. The minimum Gasteiger partial charge on any atom is -0.491 e. The smallest absolute Gasteiger partial charge is 0.290 e. The highest BCUT2D eigenvalue weighted by Crippen LogP contribution is 2.39. The minimum absolute atomic E-state index is 0.0211. The molecule has 6 nitrogen and oxygen atoms in total. The van der Waals surface area contributed by atoms with Crippen molar-refractivity contribution in [1.82, 2.24) is 9.80 Å². The summed E-state index contributed by atoms with van der Waals surface area (Å²) in [5.41, 5.74) is 3.59. The Kier molecular flexibility index (Phi) is 5.82. The van der Waals surface area contributed by atoms with Gasteiger partial charge in [0.25, 0.3) is 5.91 Å². The molecule has 6 heteroatoms. The lowest BCUT2D eigenvalue weighted by Gasteiger charge is -2.26. The predicted molar refractivity (Wildman–Crippen MR) is 126 cm³/mol. The van der Waals surface area contributed by atoms with Gasteiger partial charge in [-0.25, -0.2) is 0 Å². The van der Waals surface area contributed by atoms with Gasteiger partial charge in [-0.2, -0.15) is 0 Å². The number of benzene rings is 2. The summed E-state index contributed by atoms with van der Waals surface area (Å²) in [6.07, 6.45) is 0.0211. The first kappa shape index (κ1) is 22.1. The molecule has 1 amide bonds. The maximum Gasteiger partial charge on any atom is 0.290 e. The van der Waals surface area contributed by atoms with Crippen LogP contribution >= 0.6 is 0 Å². The number of aryl methyl sites for hydroxylation is 2. The number of amides is 1. The molecule has 0 bridgehead atoms. The highest BCUT2D eigenvalue weighted by molar-refractivity contribution is 5.99. The molecular weight excluding hydrogens is 404 g/mol. The zero-order valence-electron chi connectivity index (χ0n) is 19.6. The van der Waals surface area contributed by atoms with Crippen LogP contribution in [0.15, 0.2) is 45.6 Å². The zero-order chi connectivity index (χ0) is 23.2. The van der Waals surface area contributed by atoms with Crippen LogP contribution in [0.25, 0.3) is 11.0 Å². The van der Waals surface area contributed by atoms with Gasteiger partial charge in [-0.3, -0.25) is 9.59 Å². The van der Waals surface area contributed by atoms with Crippen LogP contribution in [-0.2, 0) is 0 Å². The van der Waals surface area contributed by atoms with Crippen LogP contribution in [0.4, 0.5) is 0 Å². The molecule has 32 heavy (non-hydrogen) atoms. The summed E-state index contributed by atoms with van der Waals surface area (Å²) in [5.74, 6) is 0.603. The molecule has 0 radical (unpaired) electrons. The number of fused-ring (bicyclic) bond motifs is 2. The molecule has 1 aliphatic heterocycles. The van der Waals surface area contributed by atoms with Crippen LogP contribution in [0.1, 0.15) is 52.7 Å². The summed E-state index contributed by atoms with van der Waals surface area (Å²) in [4.78, 5) is 30.9. The fourth-order valence-electron chi connectivity index (χ4n) is 4.19. The molecule has 0 saturated heterocycles. The van der Waals surface area contributed by atoms with Crippen molar-refractivity contribution in [2.24, 2.45) is 0 Å². The first-order valence-corrected chi connectivity index (χ1v) is 11.0. The van der Waals surface area contributed by atoms with Gasteiger partial charge in [0.15, 0.2) is 5.43 Å². The van der Waals surface area contributed by atoms with Crippen molar-refractivity contribution in [1.29, 1.82) is 0 Å². The maximum absolute atomic E-state index is 13.7. The third-order valence-electron chi connectivity index (χ3n) is 5.92. The van der Waals surface area contributed by atoms with Crippen molar-refractivity contribution in [3.05, 3.63) is 74.6 Å². The molecule has 1 aromatic heterocycles. The molecule has 0 N–H and O–H groups in total. The van der Waals surface area contributed by atoms with Crippen molar-refractivity contribution in [2.75, 3.05) is 27.2 Å². The van der Waals surface area contributed by atoms with Gasteiger partial charge in [0.05, 0.1) is 23.1 Å². The van der Waals surface area contributed by atoms with E-state index in [4.69, 9.17) is 9.15 Å². The lowest BCUT2D eigenvalue weighted by molar-refractivity contribution is 0.0716. The number of carbonyl (C=O) groups excluding carboxylic acids is 1. The van der Waals surface area contributed by atoms with E-state index in [0.29, 0.717) is 35.4 Å². The van der Waals surface area contributed by atoms with E-state index < -0.39 is 6.04 Å². The Morgan fingerprint density at radius 3 is 2.50 bits per heavy atom. The van der Waals surface area contributed by atoms with E-state index in [1.165, 1.54) is 0 Å².